The fraction of sp³-hybridized carbons (Fsp3) is 0.714. The Balaban J connectivity index is 2.15. The first-order valence-corrected chi connectivity index (χ1v) is 7.28. The summed E-state index contributed by atoms with van der Waals surface area (Å²) in [4.78, 5) is 10.7. The molecular weight excluding hydrogens is 274 g/mol. The number of halogens is 1. The summed E-state index contributed by atoms with van der Waals surface area (Å²) in [5, 5.41) is 3.69. The molecule has 0 aliphatic carbocycles. The lowest BCUT2D eigenvalue weighted by atomic mass is 9.77. The highest BCUT2D eigenvalue weighted by Gasteiger charge is 2.43. The zero-order chi connectivity index (χ0) is 15.1. The van der Waals surface area contributed by atoms with Gasteiger partial charge in [-0.15, -0.1) is 0 Å². The normalized spacial score (nSPS) is 22.7. The number of aromatic nitrogens is 2. The van der Waals surface area contributed by atoms with Crippen molar-refractivity contribution in [2.45, 2.75) is 57.7 Å². The lowest BCUT2D eigenvalue weighted by molar-refractivity contribution is -0.00772. The van der Waals surface area contributed by atoms with E-state index < -0.39 is 0 Å². The zero-order valence-corrected chi connectivity index (χ0v) is 13.6. The van der Waals surface area contributed by atoms with Crippen LogP contribution in [0.25, 0.3) is 0 Å². The number of nitrogen functional groups attached to an aromatic ring is 1. The van der Waals surface area contributed by atoms with Crippen LogP contribution in [-0.4, -0.2) is 39.0 Å². The molecule has 0 atom stereocenters. The molecule has 0 aromatic carbocycles. The molecule has 0 spiro atoms. The van der Waals surface area contributed by atoms with Gasteiger partial charge in [0.15, 0.2) is 11.0 Å². The van der Waals surface area contributed by atoms with Gasteiger partial charge in [-0.25, -0.2) is 9.97 Å². The summed E-state index contributed by atoms with van der Waals surface area (Å²) in [5.41, 5.74) is 5.96. The first-order chi connectivity index (χ1) is 9.12. The maximum atomic E-state index is 5.80. The Morgan fingerprint density at radius 1 is 1.30 bits per heavy atom. The van der Waals surface area contributed by atoms with Crippen molar-refractivity contribution in [1.82, 2.24) is 14.9 Å². The zero-order valence-electron chi connectivity index (χ0n) is 12.9. The van der Waals surface area contributed by atoms with E-state index in [1.54, 1.807) is 6.20 Å². The van der Waals surface area contributed by atoms with Crippen LogP contribution in [0.4, 0.5) is 11.6 Å². The molecule has 0 saturated carbocycles. The molecule has 2 heterocycles. The SMILES string of the molecule is CN1C(C)(C)CC(Nc2cnc(Cl)c(N)n2)CC1(C)C. The molecular formula is C14H24ClN5. The van der Waals surface area contributed by atoms with Gasteiger partial charge in [-0.1, -0.05) is 11.6 Å². The van der Waals surface area contributed by atoms with Crippen molar-refractivity contribution in [3.63, 3.8) is 0 Å². The number of hydrogen-bond acceptors (Lipinski definition) is 5. The second-order valence-electron chi connectivity index (χ2n) is 6.86. The highest BCUT2D eigenvalue weighted by atomic mass is 35.5. The van der Waals surface area contributed by atoms with Crippen molar-refractivity contribution in [1.29, 1.82) is 0 Å². The number of likely N-dealkylation sites (tertiary alicyclic amines) is 1. The topological polar surface area (TPSA) is 67.1 Å². The van der Waals surface area contributed by atoms with E-state index in [2.05, 4.69) is 54.9 Å². The van der Waals surface area contributed by atoms with Gasteiger partial charge in [0.25, 0.3) is 0 Å². The number of hydrogen-bond donors (Lipinski definition) is 2. The molecule has 6 heteroatoms. The third-order valence-electron chi connectivity index (χ3n) is 4.41. The fourth-order valence-electron chi connectivity index (χ4n) is 3.14. The second-order valence-corrected chi connectivity index (χ2v) is 7.22. The Morgan fingerprint density at radius 2 is 1.85 bits per heavy atom. The minimum Gasteiger partial charge on any atom is -0.381 e. The van der Waals surface area contributed by atoms with Crippen LogP contribution in [-0.2, 0) is 0 Å². The van der Waals surface area contributed by atoms with Gasteiger partial charge >= 0.3 is 0 Å². The largest absolute Gasteiger partial charge is 0.381 e. The third kappa shape index (κ3) is 2.99. The molecule has 1 aromatic rings. The van der Waals surface area contributed by atoms with E-state index in [9.17, 15) is 0 Å². The number of anilines is 2. The summed E-state index contributed by atoms with van der Waals surface area (Å²) in [6.07, 6.45) is 3.71. The molecule has 1 fully saturated rings. The van der Waals surface area contributed by atoms with Gasteiger partial charge < -0.3 is 11.1 Å². The number of piperidine rings is 1. The quantitative estimate of drug-likeness (QED) is 0.878. The van der Waals surface area contributed by atoms with Crippen LogP contribution in [0.15, 0.2) is 6.20 Å². The maximum Gasteiger partial charge on any atom is 0.171 e. The van der Waals surface area contributed by atoms with Crippen molar-refractivity contribution < 1.29 is 0 Å². The average Bonchev–Trinajstić information content (AvgIpc) is 2.30. The van der Waals surface area contributed by atoms with E-state index in [1.807, 2.05) is 0 Å². The molecule has 5 nitrogen and oxygen atoms in total. The van der Waals surface area contributed by atoms with Gasteiger partial charge in [-0.3, -0.25) is 4.90 Å². The van der Waals surface area contributed by atoms with Crippen molar-refractivity contribution in [3.05, 3.63) is 11.3 Å². The molecule has 3 N–H and O–H groups in total. The van der Waals surface area contributed by atoms with E-state index in [0.717, 1.165) is 12.8 Å². The summed E-state index contributed by atoms with van der Waals surface area (Å²) in [6, 6.07) is 0.339. The lowest BCUT2D eigenvalue weighted by Crippen LogP contribution is -2.61. The van der Waals surface area contributed by atoms with Crippen LogP contribution in [0.5, 0.6) is 0 Å². The molecule has 1 saturated heterocycles. The summed E-state index contributed by atoms with van der Waals surface area (Å²) < 4.78 is 0. The lowest BCUT2D eigenvalue weighted by Gasteiger charge is -2.53. The van der Waals surface area contributed by atoms with E-state index in [1.165, 1.54) is 0 Å². The first-order valence-electron chi connectivity index (χ1n) is 6.90. The Labute approximate surface area is 125 Å². The fourth-order valence-corrected chi connectivity index (χ4v) is 3.23. The van der Waals surface area contributed by atoms with Crippen LogP contribution in [0, 0.1) is 0 Å². The minimum absolute atomic E-state index is 0.130. The highest BCUT2D eigenvalue weighted by Crippen LogP contribution is 2.37. The average molecular weight is 298 g/mol. The van der Waals surface area contributed by atoms with Crippen LogP contribution in [0.2, 0.25) is 5.15 Å². The van der Waals surface area contributed by atoms with Gasteiger partial charge in [0, 0.05) is 17.1 Å². The number of rotatable bonds is 2. The standard InChI is InChI=1S/C14H24ClN5/c1-13(2)6-9(7-14(3,4)20(13)5)18-10-8-17-11(15)12(16)19-10/h8-9H,6-7H2,1-5H3,(H3,16,18,19). The van der Waals surface area contributed by atoms with Gasteiger partial charge in [0.1, 0.15) is 5.82 Å². The summed E-state index contributed by atoms with van der Waals surface area (Å²) in [6.45, 7) is 9.07. The number of nitrogens with one attached hydrogen (secondary N) is 1. The van der Waals surface area contributed by atoms with Crippen LogP contribution >= 0.6 is 11.6 Å². The molecule has 112 valence electrons. The molecule has 1 aliphatic heterocycles. The summed E-state index contributed by atoms with van der Waals surface area (Å²) in [5.74, 6) is 0.955. The second kappa shape index (κ2) is 5.04. The van der Waals surface area contributed by atoms with E-state index in [0.29, 0.717) is 11.9 Å². The van der Waals surface area contributed by atoms with Crippen LogP contribution in [0.1, 0.15) is 40.5 Å². The minimum atomic E-state index is 0.130. The number of nitrogens with two attached hydrogens (primary N) is 1. The predicted octanol–water partition coefficient (Wildman–Crippen LogP) is 2.78. The monoisotopic (exact) mass is 297 g/mol. The Hall–Kier alpha value is -1.07. The smallest absolute Gasteiger partial charge is 0.171 e. The summed E-state index contributed by atoms with van der Waals surface area (Å²) >= 11 is 5.80. The van der Waals surface area contributed by atoms with Gasteiger partial charge in [0.05, 0.1) is 6.20 Å². The third-order valence-corrected chi connectivity index (χ3v) is 4.70. The van der Waals surface area contributed by atoms with E-state index in [-0.39, 0.29) is 22.0 Å². The van der Waals surface area contributed by atoms with Crippen LogP contribution in [0.3, 0.4) is 0 Å². The Morgan fingerprint density at radius 3 is 2.35 bits per heavy atom. The van der Waals surface area contributed by atoms with Crippen molar-refractivity contribution in [2.24, 2.45) is 0 Å². The Bertz CT molecular complexity index is 482. The molecule has 0 bridgehead atoms. The van der Waals surface area contributed by atoms with E-state index >= 15 is 0 Å². The molecule has 0 unspecified atom stereocenters. The molecule has 1 aromatic heterocycles. The predicted molar refractivity (Wildman–Crippen MR) is 84.0 cm³/mol. The van der Waals surface area contributed by atoms with Crippen molar-refractivity contribution in [3.8, 4) is 0 Å². The number of nitrogens with zero attached hydrogens (tertiary/aromatic N) is 3. The molecule has 20 heavy (non-hydrogen) atoms. The first kappa shape index (κ1) is 15.3. The molecule has 0 radical (unpaired) electrons. The van der Waals surface area contributed by atoms with Gasteiger partial charge in [-0.2, -0.15) is 0 Å². The van der Waals surface area contributed by atoms with Crippen molar-refractivity contribution >= 4 is 23.2 Å². The van der Waals surface area contributed by atoms with Crippen LogP contribution < -0.4 is 11.1 Å². The summed E-state index contributed by atoms with van der Waals surface area (Å²) in [7, 11) is 2.19. The van der Waals surface area contributed by atoms with Gasteiger partial charge in [-0.05, 0) is 47.6 Å². The highest BCUT2D eigenvalue weighted by molar-refractivity contribution is 6.31. The van der Waals surface area contributed by atoms with Crippen molar-refractivity contribution in [2.75, 3.05) is 18.1 Å². The Kier molecular flexibility index (Phi) is 3.86. The van der Waals surface area contributed by atoms with Gasteiger partial charge in [0.2, 0.25) is 0 Å². The molecule has 2 rings (SSSR count). The molecule has 0 amide bonds. The maximum absolute atomic E-state index is 5.80. The van der Waals surface area contributed by atoms with E-state index in [4.69, 9.17) is 17.3 Å². The molecule has 1 aliphatic rings.